The van der Waals surface area contributed by atoms with E-state index in [1.54, 1.807) is 12.4 Å². The second kappa shape index (κ2) is 4.50. The van der Waals surface area contributed by atoms with Gasteiger partial charge in [-0.15, -0.1) is 0 Å². The van der Waals surface area contributed by atoms with Crippen molar-refractivity contribution in [2.75, 3.05) is 19.7 Å². The molecule has 0 amide bonds. The molecule has 0 bridgehead atoms. The third kappa shape index (κ3) is 2.09. The predicted octanol–water partition coefficient (Wildman–Crippen LogP) is 0.103. The summed E-state index contributed by atoms with van der Waals surface area (Å²) >= 11 is 0. The van der Waals surface area contributed by atoms with E-state index >= 15 is 0 Å². The van der Waals surface area contributed by atoms with E-state index in [-0.39, 0.29) is 6.10 Å². The predicted molar refractivity (Wildman–Crippen MR) is 51.8 cm³/mol. The summed E-state index contributed by atoms with van der Waals surface area (Å²) in [6.45, 7) is 2.22. The third-order valence-electron chi connectivity index (χ3n) is 2.36. The number of nitrogens with zero attached hydrogens (tertiary/aromatic N) is 1. The second-order valence-electron chi connectivity index (χ2n) is 3.34. The topological polar surface area (TPSA) is 54.4 Å². The number of aliphatic hydroxyl groups is 1. The van der Waals surface area contributed by atoms with Gasteiger partial charge in [-0.3, -0.25) is 4.98 Å². The normalized spacial score (nSPS) is 24.5. The van der Waals surface area contributed by atoms with Crippen LogP contribution in [0.3, 0.4) is 0 Å². The molecule has 14 heavy (non-hydrogen) atoms. The lowest BCUT2D eigenvalue weighted by Gasteiger charge is -2.27. The number of ether oxygens (including phenoxy) is 1. The zero-order valence-electron chi connectivity index (χ0n) is 7.89. The first-order valence-electron chi connectivity index (χ1n) is 4.78. The van der Waals surface area contributed by atoms with Gasteiger partial charge in [0.15, 0.2) is 0 Å². The summed E-state index contributed by atoms with van der Waals surface area (Å²) in [5.41, 5.74) is 0.855. The summed E-state index contributed by atoms with van der Waals surface area (Å²) in [6, 6.07) is 3.62. The average molecular weight is 194 g/mol. The van der Waals surface area contributed by atoms with Gasteiger partial charge in [-0.05, 0) is 17.7 Å². The molecule has 1 fully saturated rings. The summed E-state index contributed by atoms with van der Waals surface area (Å²) in [5.74, 6) is 0. The molecule has 2 atom stereocenters. The first-order valence-corrected chi connectivity index (χ1v) is 4.78. The Balaban J connectivity index is 2.03. The Bertz CT molecular complexity index is 273. The highest BCUT2D eigenvalue weighted by Crippen LogP contribution is 2.18. The molecule has 1 aromatic heterocycles. The van der Waals surface area contributed by atoms with Gasteiger partial charge in [0.2, 0.25) is 0 Å². The van der Waals surface area contributed by atoms with Gasteiger partial charge in [-0.2, -0.15) is 0 Å². The fraction of sp³-hybridized carbons (Fsp3) is 0.500. The number of aliphatic hydroxyl groups excluding tert-OH is 1. The maximum atomic E-state index is 9.95. The lowest BCUT2D eigenvalue weighted by molar-refractivity contribution is -0.0536. The molecule has 2 rings (SSSR count). The Hall–Kier alpha value is -0.970. The monoisotopic (exact) mass is 194 g/mol. The number of morpholine rings is 1. The number of nitrogens with one attached hydrogen (secondary N) is 1. The van der Waals surface area contributed by atoms with Crippen LogP contribution in [-0.2, 0) is 4.74 Å². The van der Waals surface area contributed by atoms with Gasteiger partial charge < -0.3 is 15.2 Å². The summed E-state index contributed by atoms with van der Waals surface area (Å²) in [5, 5.41) is 13.1. The molecule has 2 heterocycles. The van der Waals surface area contributed by atoms with Crippen molar-refractivity contribution in [3.05, 3.63) is 30.1 Å². The van der Waals surface area contributed by atoms with Crippen molar-refractivity contribution in [1.29, 1.82) is 0 Å². The summed E-state index contributed by atoms with van der Waals surface area (Å²) in [4.78, 5) is 3.91. The smallest absolute Gasteiger partial charge is 0.106 e. The van der Waals surface area contributed by atoms with E-state index in [2.05, 4.69) is 10.3 Å². The van der Waals surface area contributed by atoms with Crippen molar-refractivity contribution >= 4 is 0 Å². The van der Waals surface area contributed by atoms with E-state index < -0.39 is 6.10 Å². The van der Waals surface area contributed by atoms with Gasteiger partial charge in [0, 0.05) is 25.5 Å². The zero-order chi connectivity index (χ0) is 9.80. The van der Waals surface area contributed by atoms with E-state index in [1.165, 1.54) is 0 Å². The summed E-state index contributed by atoms with van der Waals surface area (Å²) in [6.07, 6.45) is 2.64. The molecular weight excluding hydrogens is 180 g/mol. The highest BCUT2D eigenvalue weighted by Gasteiger charge is 2.23. The Morgan fingerprint density at radius 1 is 1.50 bits per heavy atom. The number of rotatable bonds is 2. The third-order valence-corrected chi connectivity index (χ3v) is 2.36. The van der Waals surface area contributed by atoms with Crippen LogP contribution in [0.1, 0.15) is 11.7 Å². The van der Waals surface area contributed by atoms with Crippen LogP contribution in [0.15, 0.2) is 24.5 Å². The number of pyridine rings is 1. The van der Waals surface area contributed by atoms with Crippen LogP contribution in [0.4, 0.5) is 0 Å². The molecular formula is C10H14N2O2. The minimum Gasteiger partial charge on any atom is -0.386 e. The zero-order valence-corrected chi connectivity index (χ0v) is 7.89. The van der Waals surface area contributed by atoms with Crippen molar-refractivity contribution in [3.63, 3.8) is 0 Å². The molecule has 0 aromatic carbocycles. The molecule has 1 saturated heterocycles. The Morgan fingerprint density at radius 3 is 2.93 bits per heavy atom. The maximum Gasteiger partial charge on any atom is 0.106 e. The molecule has 76 valence electrons. The molecule has 0 spiro atoms. The lowest BCUT2D eigenvalue weighted by atomic mass is 10.1. The molecule has 1 aliphatic heterocycles. The van der Waals surface area contributed by atoms with Crippen LogP contribution in [0.5, 0.6) is 0 Å². The molecule has 1 aromatic rings. The summed E-state index contributed by atoms with van der Waals surface area (Å²) < 4.78 is 5.46. The van der Waals surface area contributed by atoms with E-state index in [9.17, 15) is 5.11 Å². The maximum absolute atomic E-state index is 9.95. The molecule has 0 radical (unpaired) electrons. The van der Waals surface area contributed by atoms with Gasteiger partial charge >= 0.3 is 0 Å². The first kappa shape index (κ1) is 9.58. The lowest BCUT2D eigenvalue weighted by Crippen LogP contribution is -2.41. The molecule has 1 aliphatic rings. The fourth-order valence-electron chi connectivity index (χ4n) is 1.56. The molecule has 0 unspecified atom stereocenters. The quantitative estimate of drug-likeness (QED) is 0.701. The van der Waals surface area contributed by atoms with Crippen LogP contribution < -0.4 is 5.32 Å². The number of aromatic nitrogens is 1. The van der Waals surface area contributed by atoms with Crippen molar-refractivity contribution in [2.45, 2.75) is 12.2 Å². The molecule has 0 saturated carbocycles. The van der Waals surface area contributed by atoms with Crippen LogP contribution in [0, 0.1) is 0 Å². The first-order chi connectivity index (χ1) is 6.88. The Labute approximate surface area is 82.9 Å². The van der Waals surface area contributed by atoms with Crippen molar-refractivity contribution in [1.82, 2.24) is 10.3 Å². The average Bonchev–Trinajstić information content (AvgIpc) is 2.30. The van der Waals surface area contributed by atoms with E-state index in [0.29, 0.717) is 13.2 Å². The largest absolute Gasteiger partial charge is 0.386 e. The molecule has 2 N–H and O–H groups in total. The van der Waals surface area contributed by atoms with Gasteiger partial charge in [0.1, 0.15) is 6.10 Å². The van der Waals surface area contributed by atoms with Gasteiger partial charge in [0.05, 0.1) is 12.7 Å². The molecule has 0 aliphatic carbocycles. The minimum absolute atomic E-state index is 0.147. The minimum atomic E-state index is -0.564. The molecule has 4 nitrogen and oxygen atoms in total. The highest BCUT2D eigenvalue weighted by molar-refractivity contribution is 5.14. The second-order valence-corrected chi connectivity index (χ2v) is 3.34. The standard InChI is InChI=1S/C10H14N2O2/c13-10(8-1-3-11-4-2-8)9-7-12-5-6-14-9/h1-4,9-10,12-13H,5-7H2/t9-,10-/m0/s1. The van der Waals surface area contributed by atoms with E-state index in [0.717, 1.165) is 12.1 Å². The van der Waals surface area contributed by atoms with Crippen molar-refractivity contribution in [2.24, 2.45) is 0 Å². The number of hydrogen-bond donors (Lipinski definition) is 2. The van der Waals surface area contributed by atoms with E-state index in [4.69, 9.17) is 4.74 Å². The van der Waals surface area contributed by atoms with Crippen molar-refractivity contribution < 1.29 is 9.84 Å². The Kier molecular flexibility index (Phi) is 3.08. The SMILES string of the molecule is O[C@@H](c1ccncc1)[C@@H]1CNCCO1. The van der Waals surface area contributed by atoms with Gasteiger partial charge in [-0.1, -0.05) is 0 Å². The Morgan fingerprint density at radius 2 is 2.29 bits per heavy atom. The van der Waals surface area contributed by atoms with Crippen LogP contribution in [-0.4, -0.2) is 35.9 Å². The van der Waals surface area contributed by atoms with Crippen LogP contribution in [0.2, 0.25) is 0 Å². The number of hydrogen-bond acceptors (Lipinski definition) is 4. The van der Waals surface area contributed by atoms with Crippen molar-refractivity contribution in [3.8, 4) is 0 Å². The summed E-state index contributed by atoms with van der Waals surface area (Å²) in [7, 11) is 0. The molecule has 4 heteroatoms. The van der Waals surface area contributed by atoms with Crippen LogP contribution in [0.25, 0.3) is 0 Å². The van der Waals surface area contributed by atoms with Gasteiger partial charge in [0.25, 0.3) is 0 Å². The fourth-order valence-corrected chi connectivity index (χ4v) is 1.56. The van der Waals surface area contributed by atoms with Gasteiger partial charge in [-0.25, -0.2) is 0 Å². The van der Waals surface area contributed by atoms with E-state index in [1.807, 2.05) is 12.1 Å². The highest BCUT2D eigenvalue weighted by atomic mass is 16.5. The van der Waals surface area contributed by atoms with Crippen LogP contribution >= 0.6 is 0 Å².